The first-order valence-electron chi connectivity index (χ1n) is 8.01. The summed E-state index contributed by atoms with van der Waals surface area (Å²) in [5.74, 6) is -1.86. The maximum Gasteiger partial charge on any atom is 0.410 e. The van der Waals surface area contributed by atoms with Gasteiger partial charge in [0, 0.05) is 5.92 Å². The topological polar surface area (TPSA) is 87.1 Å². The zero-order chi connectivity index (χ0) is 17.8. The van der Waals surface area contributed by atoms with Gasteiger partial charge in [-0.25, -0.2) is 9.59 Å². The minimum absolute atomic E-state index is 0.0502. The number of hydrogen-bond acceptors (Lipinski definition) is 4. The monoisotopic (exact) mass is 341 g/mol. The Labute approximate surface area is 145 Å². The average molecular weight is 341 g/mol. The number of β-amino-alcohol motifs (C(OH)–C–C–N with tert-alkyl or cyclic N) is 1. The van der Waals surface area contributed by atoms with Crippen LogP contribution in [0.5, 0.6) is 0 Å². The van der Waals surface area contributed by atoms with Crippen molar-refractivity contribution in [2.75, 3.05) is 6.54 Å². The summed E-state index contributed by atoms with van der Waals surface area (Å²) >= 11 is 0. The van der Waals surface area contributed by atoms with E-state index in [0.717, 1.165) is 10.5 Å². The van der Waals surface area contributed by atoms with Crippen LogP contribution in [-0.4, -0.2) is 45.9 Å². The Morgan fingerprint density at radius 2 is 1.64 bits per heavy atom. The van der Waals surface area contributed by atoms with Gasteiger partial charge in [0.05, 0.1) is 12.6 Å². The number of carboxylic acid groups (broad SMARTS) is 1. The summed E-state index contributed by atoms with van der Waals surface area (Å²) in [5.41, 5.74) is 1.49. The molecule has 0 unspecified atom stereocenters. The molecule has 0 radical (unpaired) electrons. The average Bonchev–Trinajstić information content (AvgIpc) is 2.99. The molecule has 25 heavy (non-hydrogen) atoms. The number of carbonyl (C=O) groups excluding carboxylic acids is 1. The fraction of sp³-hybridized carbons (Fsp3) is 0.263. The summed E-state index contributed by atoms with van der Waals surface area (Å²) in [6.07, 6.45) is -1.71. The lowest BCUT2D eigenvalue weighted by molar-refractivity contribution is -0.142. The Hall–Kier alpha value is -2.86. The second-order valence-corrected chi connectivity index (χ2v) is 5.98. The highest BCUT2D eigenvalue weighted by atomic mass is 16.6. The van der Waals surface area contributed by atoms with Crippen molar-refractivity contribution in [3.63, 3.8) is 0 Å². The largest absolute Gasteiger partial charge is 0.480 e. The molecule has 3 rings (SSSR count). The van der Waals surface area contributed by atoms with Crippen LogP contribution in [0.4, 0.5) is 4.79 Å². The quantitative estimate of drug-likeness (QED) is 0.890. The molecule has 1 amide bonds. The van der Waals surface area contributed by atoms with Crippen LogP contribution >= 0.6 is 0 Å². The van der Waals surface area contributed by atoms with Gasteiger partial charge in [-0.2, -0.15) is 0 Å². The van der Waals surface area contributed by atoms with Crippen molar-refractivity contribution in [3.8, 4) is 0 Å². The second kappa shape index (κ2) is 7.36. The molecule has 0 saturated carbocycles. The van der Waals surface area contributed by atoms with Gasteiger partial charge in [0.1, 0.15) is 12.6 Å². The Kier molecular flexibility index (Phi) is 5.00. The molecule has 130 valence electrons. The smallest absolute Gasteiger partial charge is 0.410 e. The predicted octanol–water partition coefficient (Wildman–Crippen LogP) is 2.24. The van der Waals surface area contributed by atoms with Crippen molar-refractivity contribution in [1.29, 1.82) is 0 Å². The van der Waals surface area contributed by atoms with Crippen LogP contribution in [0, 0.1) is 0 Å². The predicted molar refractivity (Wildman–Crippen MR) is 89.9 cm³/mol. The summed E-state index contributed by atoms with van der Waals surface area (Å²) in [4.78, 5) is 25.2. The second-order valence-electron chi connectivity index (χ2n) is 5.98. The highest BCUT2D eigenvalue weighted by Crippen LogP contribution is 2.34. The van der Waals surface area contributed by atoms with Crippen LogP contribution in [0.2, 0.25) is 0 Å². The molecule has 6 nitrogen and oxygen atoms in total. The number of aliphatic hydroxyl groups is 1. The third-order valence-corrected chi connectivity index (χ3v) is 4.35. The maximum absolute atomic E-state index is 12.4. The van der Waals surface area contributed by atoms with Gasteiger partial charge in [-0.05, 0) is 11.1 Å². The number of benzene rings is 2. The molecule has 0 spiro atoms. The molecule has 2 aromatic carbocycles. The number of rotatable bonds is 4. The first kappa shape index (κ1) is 17.0. The summed E-state index contributed by atoms with van der Waals surface area (Å²) in [6.45, 7) is -0.0290. The molecular formula is C19H19NO5. The van der Waals surface area contributed by atoms with Crippen LogP contribution in [0.3, 0.4) is 0 Å². The van der Waals surface area contributed by atoms with Crippen molar-refractivity contribution in [3.05, 3.63) is 71.8 Å². The van der Waals surface area contributed by atoms with E-state index in [0.29, 0.717) is 5.56 Å². The van der Waals surface area contributed by atoms with Gasteiger partial charge >= 0.3 is 12.1 Å². The van der Waals surface area contributed by atoms with E-state index >= 15 is 0 Å². The molecule has 0 aromatic heterocycles. The Morgan fingerprint density at radius 1 is 1.04 bits per heavy atom. The van der Waals surface area contributed by atoms with Crippen molar-refractivity contribution < 1.29 is 24.5 Å². The number of amides is 1. The van der Waals surface area contributed by atoms with Crippen molar-refractivity contribution >= 4 is 12.1 Å². The lowest BCUT2D eigenvalue weighted by Gasteiger charge is -2.24. The molecule has 3 atom stereocenters. The number of carboxylic acids is 1. The van der Waals surface area contributed by atoms with Crippen LogP contribution in [-0.2, 0) is 16.1 Å². The summed E-state index contributed by atoms with van der Waals surface area (Å²) < 4.78 is 5.24. The number of ether oxygens (including phenoxy) is 1. The SMILES string of the molecule is O=C(O)[C@@H]1[C@H](c2ccccc2)[C@@H](O)CN1C(=O)OCc1ccccc1. The minimum atomic E-state index is -1.17. The first-order chi connectivity index (χ1) is 12.1. The fourth-order valence-corrected chi connectivity index (χ4v) is 3.19. The molecule has 1 fully saturated rings. The number of nitrogens with zero attached hydrogens (tertiary/aromatic N) is 1. The van der Waals surface area contributed by atoms with Crippen LogP contribution in [0.1, 0.15) is 17.0 Å². The molecule has 1 aliphatic rings. The van der Waals surface area contributed by atoms with Crippen molar-refractivity contribution in [1.82, 2.24) is 4.90 Å². The zero-order valence-electron chi connectivity index (χ0n) is 13.5. The Balaban J connectivity index is 1.76. The Bertz CT molecular complexity index is 734. The highest BCUT2D eigenvalue weighted by molar-refractivity contribution is 5.82. The number of aliphatic carboxylic acids is 1. The van der Waals surface area contributed by atoms with E-state index in [1.54, 1.807) is 24.3 Å². The van der Waals surface area contributed by atoms with Crippen LogP contribution in [0.25, 0.3) is 0 Å². The lowest BCUT2D eigenvalue weighted by atomic mass is 9.90. The van der Waals surface area contributed by atoms with Gasteiger partial charge in [0.15, 0.2) is 0 Å². The number of hydrogen-bond donors (Lipinski definition) is 2. The molecular weight excluding hydrogens is 322 g/mol. The van der Waals surface area contributed by atoms with Gasteiger partial charge in [-0.15, -0.1) is 0 Å². The maximum atomic E-state index is 12.4. The van der Waals surface area contributed by atoms with Gasteiger partial charge in [0.2, 0.25) is 0 Å². The van der Waals surface area contributed by atoms with Crippen molar-refractivity contribution in [2.24, 2.45) is 0 Å². The van der Waals surface area contributed by atoms with E-state index in [1.807, 2.05) is 36.4 Å². The van der Waals surface area contributed by atoms with Gasteiger partial charge in [-0.3, -0.25) is 4.90 Å². The first-order valence-corrected chi connectivity index (χ1v) is 8.01. The molecule has 1 saturated heterocycles. The van der Waals surface area contributed by atoms with E-state index in [4.69, 9.17) is 4.74 Å². The molecule has 6 heteroatoms. The molecule has 0 bridgehead atoms. The standard InChI is InChI=1S/C19H19NO5/c21-15-11-20(19(24)25-12-13-7-3-1-4-8-13)17(18(22)23)16(15)14-9-5-2-6-10-14/h1-10,15-17,21H,11-12H2,(H,22,23)/t15-,16+,17-/m0/s1. The molecule has 0 aliphatic carbocycles. The fourth-order valence-electron chi connectivity index (χ4n) is 3.19. The van der Waals surface area contributed by atoms with Crippen molar-refractivity contribution in [2.45, 2.75) is 24.7 Å². The lowest BCUT2D eigenvalue weighted by Crippen LogP contribution is -2.42. The number of aliphatic hydroxyl groups excluding tert-OH is 1. The summed E-state index contributed by atoms with van der Waals surface area (Å²) in [6, 6.07) is 16.8. The van der Waals surface area contributed by atoms with Gasteiger partial charge in [0.25, 0.3) is 0 Å². The van der Waals surface area contributed by atoms with Gasteiger partial charge < -0.3 is 14.9 Å². The summed E-state index contributed by atoms with van der Waals surface area (Å²) in [7, 11) is 0. The minimum Gasteiger partial charge on any atom is -0.480 e. The zero-order valence-corrected chi connectivity index (χ0v) is 13.5. The van der Waals surface area contributed by atoms with E-state index < -0.39 is 30.1 Å². The van der Waals surface area contributed by atoms with Crippen LogP contribution < -0.4 is 0 Å². The third kappa shape index (κ3) is 3.64. The highest BCUT2D eigenvalue weighted by Gasteiger charge is 2.48. The van der Waals surface area contributed by atoms with E-state index in [-0.39, 0.29) is 13.2 Å². The molecule has 1 aliphatic heterocycles. The van der Waals surface area contributed by atoms with Gasteiger partial charge in [-0.1, -0.05) is 60.7 Å². The number of likely N-dealkylation sites (tertiary alicyclic amines) is 1. The summed E-state index contributed by atoms with van der Waals surface area (Å²) in [5, 5.41) is 20.0. The van der Waals surface area contributed by atoms with Crippen LogP contribution in [0.15, 0.2) is 60.7 Å². The normalized spacial score (nSPS) is 22.6. The van der Waals surface area contributed by atoms with E-state index in [9.17, 15) is 19.8 Å². The molecule has 2 N–H and O–H groups in total. The van der Waals surface area contributed by atoms with E-state index in [2.05, 4.69) is 0 Å². The number of carbonyl (C=O) groups is 2. The Morgan fingerprint density at radius 3 is 2.24 bits per heavy atom. The van der Waals surface area contributed by atoms with E-state index in [1.165, 1.54) is 0 Å². The molecule has 1 heterocycles. The molecule has 2 aromatic rings. The third-order valence-electron chi connectivity index (χ3n) is 4.35.